The zero-order chi connectivity index (χ0) is 16.9. The van der Waals surface area contributed by atoms with E-state index in [-0.39, 0.29) is 24.1 Å². The van der Waals surface area contributed by atoms with E-state index in [0.717, 1.165) is 5.75 Å². The lowest BCUT2D eigenvalue weighted by molar-refractivity contribution is -0.120. The summed E-state index contributed by atoms with van der Waals surface area (Å²) in [5.74, 6) is 0.380. The number of amides is 1. The normalized spacial score (nSPS) is 19.3. The van der Waals surface area contributed by atoms with E-state index in [9.17, 15) is 13.2 Å². The van der Waals surface area contributed by atoms with Crippen LogP contribution in [0, 0.1) is 5.92 Å². The molecule has 128 valence electrons. The van der Waals surface area contributed by atoms with Crippen molar-refractivity contribution < 1.29 is 17.9 Å². The monoisotopic (exact) mass is 340 g/mol. The molecule has 1 aromatic rings. The Labute approximate surface area is 137 Å². The quantitative estimate of drug-likeness (QED) is 0.860. The highest BCUT2D eigenvalue weighted by atomic mass is 32.2. The third-order valence-electron chi connectivity index (χ3n) is 3.95. The number of rotatable bonds is 6. The summed E-state index contributed by atoms with van der Waals surface area (Å²) in [4.78, 5) is 12.4. The molecule has 1 aliphatic rings. The summed E-state index contributed by atoms with van der Waals surface area (Å²) < 4.78 is 30.7. The lowest BCUT2D eigenvalue weighted by Gasteiger charge is -2.30. The Morgan fingerprint density at radius 2 is 2.00 bits per heavy atom. The number of anilines is 1. The second kappa shape index (κ2) is 7.79. The zero-order valence-electron chi connectivity index (χ0n) is 13.6. The molecule has 1 amide bonds. The van der Waals surface area contributed by atoms with E-state index in [1.807, 2.05) is 6.92 Å². The predicted octanol–water partition coefficient (Wildman–Crippen LogP) is 2.09. The van der Waals surface area contributed by atoms with Crippen molar-refractivity contribution in [3.8, 4) is 5.75 Å². The van der Waals surface area contributed by atoms with Crippen LogP contribution in [0.3, 0.4) is 0 Å². The number of carbonyl (C=O) groups excluding carboxylic acids is 1. The lowest BCUT2D eigenvalue weighted by atomic mass is 9.99. The number of nitrogens with one attached hydrogen (secondary N) is 1. The van der Waals surface area contributed by atoms with Crippen LogP contribution < -0.4 is 10.1 Å². The second-order valence-corrected chi connectivity index (χ2v) is 7.80. The first-order chi connectivity index (χ1) is 11.0. The zero-order valence-corrected chi connectivity index (χ0v) is 14.4. The summed E-state index contributed by atoms with van der Waals surface area (Å²) in [7, 11) is -3.24. The Morgan fingerprint density at radius 1 is 1.30 bits per heavy atom. The van der Waals surface area contributed by atoms with E-state index < -0.39 is 10.0 Å². The van der Waals surface area contributed by atoms with E-state index in [4.69, 9.17) is 4.74 Å². The van der Waals surface area contributed by atoms with E-state index in [0.29, 0.717) is 31.7 Å². The van der Waals surface area contributed by atoms with Crippen LogP contribution in [-0.4, -0.2) is 44.1 Å². The van der Waals surface area contributed by atoms with Crippen molar-refractivity contribution in [2.45, 2.75) is 26.7 Å². The van der Waals surface area contributed by atoms with Gasteiger partial charge in [0.2, 0.25) is 15.9 Å². The lowest BCUT2D eigenvalue weighted by Crippen LogP contribution is -2.44. The number of piperidine rings is 1. The van der Waals surface area contributed by atoms with Crippen LogP contribution in [0.1, 0.15) is 26.7 Å². The molecular weight excluding hydrogens is 316 g/mol. The molecule has 0 bridgehead atoms. The Kier molecular flexibility index (Phi) is 6.01. The highest BCUT2D eigenvalue weighted by Gasteiger charge is 2.31. The number of ether oxygens (including phenoxy) is 1. The van der Waals surface area contributed by atoms with Gasteiger partial charge in [0.15, 0.2) is 0 Å². The third-order valence-corrected chi connectivity index (χ3v) is 5.79. The van der Waals surface area contributed by atoms with Crippen LogP contribution in [0.4, 0.5) is 5.69 Å². The fourth-order valence-electron chi connectivity index (χ4n) is 2.64. The molecule has 1 aromatic carbocycles. The van der Waals surface area contributed by atoms with Crippen LogP contribution in [0.2, 0.25) is 0 Å². The molecule has 7 heteroatoms. The first-order valence-electron chi connectivity index (χ1n) is 7.97. The van der Waals surface area contributed by atoms with E-state index >= 15 is 0 Å². The van der Waals surface area contributed by atoms with Crippen LogP contribution in [0.25, 0.3) is 0 Å². The SMILES string of the molecule is CCOc1ccc(NC(=O)[C@@H]2CCCN(S(=O)(=O)CC)C2)cc1. The minimum Gasteiger partial charge on any atom is -0.494 e. The maximum atomic E-state index is 12.4. The van der Waals surface area contributed by atoms with Gasteiger partial charge in [-0.3, -0.25) is 4.79 Å². The van der Waals surface area contributed by atoms with E-state index in [1.165, 1.54) is 4.31 Å². The first kappa shape index (κ1) is 17.7. The van der Waals surface area contributed by atoms with Crippen LogP contribution in [-0.2, 0) is 14.8 Å². The average Bonchev–Trinajstić information content (AvgIpc) is 2.57. The molecule has 23 heavy (non-hydrogen) atoms. The molecule has 6 nitrogen and oxygen atoms in total. The number of hydrogen-bond acceptors (Lipinski definition) is 4. The smallest absolute Gasteiger partial charge is 0.228 e. The average molecular weight is 340 g/mol. The minimum absolute atomic E-state index is 0.0697. The highest BCUT2D eigenvalue weighted by molar-refractivity contribution is 7.89. The fourth-order valence-corrected chi connectivity index (χ4v) is 3.82. The molecule has 0 unspecified atom stereocenters. The maximum Gasteiger partial charge on any atom is 0.228 e. The number of carbonyl (C=O) groups is 1. The van der Waals surface area contributed by atoms with Gasteiger partial charge >= 0.3 is 0 Å². The maximum absolute atomic E-state index is 12.4. The van der Waals surface area contributed by atoms with Crippen molar-refractivity contribution in [3.63, 3.8) is 0 Å². The predicted molar refractivity (Wildman–Crippen MR) is 90.0 cm³/mol. The molecule has 2 rings (SSSR count). The van der Waals surface area contributed by atoms with E-state index in [1.54, 1.807) is 31.2 Å². The first-order valence-corrected chi connectivity index (χ1v) is 9.58. The molecule has 0 aromatic heterocycles. The van der Waals surface area contributed by atoms with Crippen molar-refractivity contribution in [1.82, 2.24) is 4.31 Å². The third kappa shape index (κ3) is 4.68. The van der Waals surface area contributed by atoms with Crippen molar-refractivity contribution in [1.29, 1.82) is 0 Å². The van der Waals surface area contributed by atoms with Crippen LogP contribution in [0.15, 0.2) is 24.3 Å². The molecule has 1 atom stereocenters. The van der Waals surface area contributed by atoms with Gasteiger partial charge in [0.05, 0.1) is 18.3 Å². The van der Waals surface area contributed by atoms with Crippen molar-refractivity contribution in [2.75, 3.05) is 30.8 Å². The van der Waals surface area contributed by atoms with E-state index in [2.05, 4.69) is 5.32 Å². The summed E-state index contributed by atoms with van der Waals surface area (Å²) in [6.45, 7) is 4.89. The Morgan fingerprint density at radius 3 is 2.61 bits per heavy atom. The molecule has 1 saturated heterocycles. The Balaban J connectivity index is 1.97. The van der Waals surface area contributed by atoms with Gasteiger partial charge in [-0.1, -0.05) is 0 Å². The number of sulfonamides is 1. The molecular formula is C16H24N2O4S. The Hall–Kier alpha value is -1.60. The summed E-state index contributed by atoms with van der Waals surface area (Å²) in [5, 5.41) is 2.85. The topological polar surface area (TPSA) is 75.7 Å². The molecule has 1 aliphatic heterocycles. The summed E-state index contributed by atoms with van der Waals surface area (Å²) in [5.41, 5.74) is 0.689. The second-order valence-electron chi connectivity index (χ2n) is 5.54. The summed E-state index contributed by atoms with van der Waals surface area (Å²) >= 11 is 0. The molecule has 0 radical (unpaired) electrons. The largest absolute Gasteiger partial charge is 0.494 e. The summed E-state index contributed by atoms with van der Waals surface area (Å²) in [6.07, 6.45) is 1.42. The molecule has 0 saturated carbocycles. The number of benzene rings is 1. The molecule has 0 aliphatic carbocycles. The van der Waals surface area contributed by atoms with Crippen molar-refractivity contribution in [2.24, 2.45) is 5.92 Å². The fraction of sp³-hybridized carbons (Fsp3) is 0.562. The van der Waals surface area contributed by atoms with Gasteiger partial charge in [0.25, 0.3) is 0 Å². The van der Waals surface area contributed by atoms with Crippen LogP contribution >= 0.6 is 0 Å². The van der Waals surface area contributed by atoms with Gasteiger partial charge in [-0.2, -0.15) is 0 Å². The van der Waals surface area contributed by atoms with Crippen molar-refractivity contribution >= 4 is 21.6 Å². The van der Waals surface area contributed by atoms with Gasteiger partial charge in [0.1, 0.15) is 5.75 Å². The van der Waals surface area contributed by atoms with Crippen molar-refractivity contribution in [3.05, 3.63) is 24.3 Å². The number of nitrogens with zero attached hydrogens (tertiary/aromatic N) is 1. The van der Waals surface area contributed by atoms with Crippen LogP contribution in [0.5, 0.6) is 5.75 Å². The van der Waals surface area contributed by atoms with Gasteiger partial charge in [-0.05, 0) is 51.0 Å². The molecule has 1 heterocycles. The highest BCUT2D eigenvalue weighted by Crippen LogP contribution is 2.22. The Bertz CT molecular complexity index is 628. The van der Waals surface area contributed by atoms with Gasteiger partial charge in [0, 0.05) is 18.8 Å². The number of hydrogen-bond donors (Lipinski definition) is 1. The molecule has 1 fully saturated rings. The van der Waals surface area contributed by atoms with Gasteiger partial charge in [-0.15, -0.1) is 0 Å². The van der Waals surface area contributed by atoms with Gasteiger partial charge < -0.3 is 10.1 Å². The standard InChI is InChI=1S/C16H24N2O4S/c1-3-22-15-9-7-14(8-10-15)17-16(19)13-6-5-11-18(12-13)23(20,21)4-2/h7-10,13H,3-6,11-12H2,1-2H3,(H,17,19)/t13-/m1/s1. The molecule has 1 N–H and O–H groups in total. The van der Waals surface area contributed by atoms with Gasteiger partial charge in [-0.25, -0.2) is 12.7 Å². The minimum atomic E-state index is -3.24. The molecule has 0 spiro atoms. The summed E-state index contributed by atoms with van der Waals surface area (Å²) in [6, 6.07) is 7.17.